The quantitative estimate of drug-likeness (QED) is 0.685. The Labute approximate surface area is 155 Å². The highest BCUT2D eigenvalue weighted by Gasteiger charge is 2.59. The number of hydrogen-bond donors (Lipinski definition) is 1. The molecule has 1 saturated heterocycles. The van der Waals surface area contributed by atoms with Crippen LogP contribution in [0.4, 0.5) is 5.69 Å². The lowest BCUT2D eigenvalue weighted by atomic mass is 9.60. The summed E-state index contributed by atoms with van der Waals surface area (Å²) >= 11 is 3.78. The second kappa shape index (κ2) is 6.03. The van der Waals surface area contributed by atoms with Gasteiger partial charge in [-0.05, 0) is 56.3 Å². The summed E-state index contributed by atoms with van der Waals surface area (Å²) in [6.45, 7) is 14.3. The largest absolute Gasteiger partial charge is 0.369 e. The number of allylic oxidation sites excluding steroid dienone is 3. The Bertz CT molecular complexity index is 700. The summed E-state index contributed by atoms with van der Waals surface area (Å²) in [6, 6.07) is 4.70. The zero-order valence-corrected chi connectivity index (χ0v) is 17.1. The van der Waals surface area contributed by atoms with Gasteiger partial charge in [0.15, 0.2) is 0 Å². The Morgan fingerprint density at radius 3 is 2.79 bits per heavy atom. The first-order valence-electron chi connectivity index (χ1n) is 8.79. The van der Waals surface area contributed by atoms with Crippen molar-refractivity contribution in [2.75, 3.05) is 18.9 Å². The van der Waals surface area contributed by atoms with Crippen molar-refractivity contribution >= 4 is 21.6 Å². The molecule has 1 fully saturated rings. The van der Waals surface area contributed by atoms with E-state index in [0.717, 1.165) is 19.4 Å². The fourth-order valence-corrected chi connectivity index (χ4v) is 4.94. The first kappa shape index (κ1) is 17.8. The molecule has 3 rings (SSSR count). The van der Waals surface area contributed by atoms with E-state index < -0.39 is 0 Å². The fraction of sp³-hybridized carbons (Fsp3) is 0.524. The van der Waals surface area contributed by atoms with Crippen molar-refractivity contribution < 1.29 is 0 Å². The van der Waals surface area contributed by atoms with Crippen LogP contribution in [0.5, 0.6) is 0 Å². The summed E-state index contributed by atoms with van der Waals surface area (Å²) in [6.07, 6.45) is 6.93. The minimum atomic E-state index is 0.0300. The van der Waals surface area contributed by atoms with Gasteiger partial charge in [0.2, 0.25) is 0 Å². The lowest BCUT2D eigenvalue weighted by Gasteiger charge is -2.43. The number of nitrogens with one attached hydrogen (secondary N) is 1. The number of nitrogens with zero attached hydrogens (tertiary/aromatic N) is 1. The molecule has 1 N–H and O–H groups in total. The van der Waals surface area contributed by atoms with Crippen LogP contribution in [0.25, 0.3) is 0 Å². The molecule has 0 spiro atoms. The monoisotopic (exact) mass is 388 g/mol. The summed E-state index contributed by atoms with van der Waals surface area (Å²) in [4.78, 5) is 2.45. The van der Waals surface area contributed by atoms with Gasteiger partial charge in [0.05, 0.1) is 6.17 Å². The number of halogens is 1. The third-order valence-corrected chi connectivity index (χ3v) is 6.85. The normalized spacial score (nSPS) is 25.8. The molecule has 130 valence electrons. The summed E-state index contributed by atoms with van der Waals surface area (Å²) in [5.74, 6) is 0. The first-order chi connectivity index (χ1) is 11.2. The molecule has 0 aliphatic carbocycles. The Kier molecular flexibility index (Phi) is 4.46. The summed E-state index contributed by atoms with van der Waals surface area (Å²) in [5.41, 5.74) is 5.57. The van der Waals surface area contributed by atoms with Gasteiger partial charge in [-0.15, -0.1) is 6.58 Å². The Morgan fingerprint density at radius 1 is 1.46 bits per heavy atom. The average Bonchev–Trinajstić information content (AvgIpc) is 3.01. The molecular formula is C21H29BrN2. The minimum absolute atomic E-state index is 0.0300. The molecule has 0 radical (unpaired) electrons. The van der Waals surface area contributed by atoms with Crippen LogP contribution in [0.2, 0.25) is 0 Å². The molecule has 2 nitrogen and oxygen atoms in total. The topological polar surface area (TPSA) is 15.3 Å². The highest BCUT2D eigenvalue weighted by Crippen LogP contribution is 2.58. The van der Waals surface area contributed by atoms with E-state index in [-0.39, 0.29) is 10.8 Å². The van der Waals surface area contributed by atoms with E-state index in [2.05, 4.69) is 91.8 Å². The smallest absolute Gasteiger partial charge is 0.0899 e. The van der Waals surface area contributed by atoms with Crippen LogP contribution in [-0.2, 0) is 11.8 Å². The van der Waals surface area contributed by atoms with E-state index in [9.17, 15) is 0 Å². The Morgan fingerprint density at radius 2 is 2.17 bits per heavy atom. The summed E-state index contributed by atoms with van der Waals surface area (Å²) < 4.78 is 1.19. The van der Waals surface area contributed by atoms with Gasteiger partial charge < -0.3 is 5.32 Å². The molecule has 1 aromatic rings. The highest BCUT2D eigenvalue weighted by molar-refractivity contribution is 9.10. The van der Waals surface area contributed by atoms with E-state index in [0.29, 0.717) is 6.17 Å². The van der Waals surface area contributed by atoms with Crippen LogP contribution >= 0.6 is 15.9 Å². The number of likely N-dealkylation sites (N-methyl/N-ethyl adjacent to an activating group) is 1. The van der Waals surface area contributed by atoms with Crippen LogP contribution in [0.15, 0.2) is 40.9 Å². The number of benzene rings is 1. The molecule has 24 heavy (non-hydrogen) atoms. The second-order valence-electron chi connectivity index (χ2n) is 8.15. The van der Waals surface area contributed by atoms with E-state index >= 15 is 0 Å². The van der Waals surface area contributed by atoms with Gasteiger partial charge in [-0.2, -0.15) is 0 Å². The standard InChI is InChI=1S/C21H29BrN2/c1-7-20(4,5)21-10-11-24(6)19(21)23-18-13-17(22)15(12-16(18)21)9-8-14(2)3/h7-8,12-13,19,23H,1,9-11H2,2-6H3/t19-,21+/m1/s1. The number of fused-ring (bicyclic) bond motifs is 3. The van der Waals surface area contributed by atoms with Crippen molar-refractivity contribution in [2.45, 2.75) is 52.1 Å². The zero-order valence-electron chi connectivity index (χ0n) is 15.5. The molecule has 0 bridgehead atoms. The molecule has 2 atom stereocenters. The number of likely N-dealkylation sites (tertiary alicyclic amines) is 1. The van der Waals surface area contributed by atoms with Crippen LogP contribution in [0.3, 0.4) is 0 Å². The Balaban J connectivity index is 2.16. The maximum absolute atomic E-state index is 4.16. The van der Waals surface area contributed by atoms with Crippen molar-refractivity contribution in [3.05, 3.63) is 52.0 Å². The van der Waals surface area contributed by atoms with E-state index in [4.69, 9.17) is 0 Å². The maximum atomic E-state index is 4.16. The van der Waals surface area contributed by atoms with E-state index in [1.165, 1.54) is 26.9 Å². The van der Waals surface area contributed by atoms with Gasteiger partial charge in [-0.3, -0.25) is 4.90 Å². The lowest BCUT2D eigenvalue weighted by molar-refractivity contribution is 0.178. The fourth-order valence-electron chi connectivity index (χ4n) is 4.44. The van der Waals surface area contributed by atoms with Crippen molar-refractivity contribution in [1.82, 2.24) is 4.90 Å². The van der Waals surface area contributed by atoms with Crippen LogP contribution < -0.4 is 5.32 Å². The highest BCUT2D eigenvalue weighted by atomic mass is 79.9. The van der Waals surface area contributed by atoms with Gasteiger partial charge >= 0.3 is 0 Å². The SMILES string of the molecule is C=CC(C)(C)[C@]12CCN(C)[C@H]1Nc1cc(Br)c(CC=C(C)C)cc12. The molecule has 1 aromatic carbocycles. The lowest BCUT2D eigenvalue weighted by Crippen LogP contribution is -2.49. The zero-order chi connectivity index (χ0) is 17.7. The van der Waals surface area contributed by atoms with E-state index in [1.54, 1.807) is 0 Å². The van der Waals surface area contributed by atoms with Gasteiger partial charge in [0, 0.05) is 22.1 Å². The number of anilines is 1. The van der Waals surface area contributed by atoms with Gasteiger partial charge in [0.1, 0.15) is 0 Å². The molecule has 3 heteroatoms. The second-order valence-corrected chi connectivity index (χ2v) is 9.00. The van der Waals surface area contributed by atoms with Crippen LogP contribution in [0, 0.1) is 5.41 Å². The van der Waals surface area contributed by atoms with Crippen molar-refractivity contribution in [3.63, 3.8) is 0 Å². The van der Waals surface area contributed by atoms with Gasteiger partial charge in [-0.1, -0.05) is 53.6 Å². The molecule has 0 saturated carbocycles. The molecule has 0 aromatic heterocycles. The molecule has 0 amide bonds. The minimum Gasteiger partial charge on any atom is -0.369 e. The van der Waals surface area contributed by atoms with E-state index in [1.807, 2.05) is 0 Å². The van der Waals surface area contributed by atoms with Gasteiger partial charge in [0.25, 0.3) is 0 Å². The van der Waals surface area contributed by atoms with Gasteiger partial charge in [-0.25, -0.2) is 0 Å². The predicted molar refractivity (Wildman–Crippen MR) is 108 cm³/mol. The number of rotatable bonds is 4. The molecule has 2 aliphatic rings. The molecule has 2 aliphatic heterocycles. The van der Waals surface area contributed by atoms with Crippen molar-refractivity contribution in [2.24, 2.45) is 5.41 Å². The van der Waals surface area contributed by atoms with Crippen LogP contribution in [-0.4, -0.2) is 24.7 Å². The summed E-state index contributed by atoms with van der Waals surface area (Å²) in [5, 5.41) is 3.79. The molecule has 2 heterocycles. The van der Waals surface area contributed by atoms with Crippen LogP contribution in [0.1, 0.15) is 45.2 Å². The molecule has 0 unspecified atom stereocenters. The molecular weight excluding hydrogens is 360 g/mol. The Hall–Kier alpha value is -1.06. The average molecular weight is 389 g/mol. The maximum Gasteiger partial charge on any atom is 0.0899 e. The predicted octanol–water partition coefficient (Wildman–Crippen LogP) is 5.49. The third-order valence-electron chi connectivity index (χ3n) is 6.12. The number of hydrogen-bond acceptors (Lipinski definition) is 2. The van der Waals surface area contributed by atoms with Crippen molar-refractivity contribution in [1.29, 1.82) is 0 Å². The third kappa shape index (κ3) is 2.48. The summed E-state index contributed by atoms with van der Waals surface area (Å²) in [7, 11) is 2.23. The first-order valence-corrected chi connectivity index (χ1v) is 9.59. The van der Waals surface area contributed by atoms with Crippen molar-refractivity contribution in [3.8, 4) is 0 Å².